The van der Waals surface area contributed by atoms with E-state index in [2.05, 4.69) is 10.9 Å². The Morgan fingerprint density at radius 1 is 1.20 bits per heavy atom. The van der Waals surface area contributed by atoms with Crippen LogP contribution in [0.4, 0.5) is 11.6 Å². The lowest BCUT2D eigenvalue weighted by Gasteiger charge is -2.11. The topological polar surface area (TPSA) is 71.3 Å². The minimum atomic E-state index is -0.373. The third-order valence-corrected chi connectivity index (χ3v) is 2.84. The van der Waals surface area contributed by atoms with Gasteiger partial charge >= 0.3 is 0 Å². The third-order valence-electron chi connectivity index (χ3n) is 2.59. The van der Waals surface area contributed by atoms with Crippen LogP contribution >= 0.6 is 11.6 Å². The van der Waals surface area contributed by atoms with E-state index in [0.717, 1.165) is 0 Å². The van der Waals surface area contributed by atoms with E-state index in [0.29, 0.717) is 16.5 Å². The van der Waals surface area contributed by atoms with E-state index < -0.39 is 0 Å². The Morgan fingerprint density at radius 2 is 1.85 bits per heavy atom. The molecule has 0 atom stereocenters. The van der Waals surface area contributed by atoms with E-state index in [-0.39, 0.29) is 22.7 Å². The normalized spacial score (nSPS) is 10.2. The van der Waals surface area contributed by atoms with Gasteiger partial charge < -0.3 is 4.42 Å². The Morgan fingerprint density at radius 3 is 2.45 bits per heavy atom. The van der Waals surface area contributed by atoms with Gasteiger partial charge in [0.1, 0.15) is 11.3 Å². The van der Waals surface area contributed by atoms with Gasteiger partial charge in [0.25, 0.3) is 0 Å². The number of halogens is 1. The van der Waals surface area contributed by atoms with Crippen LogP contribution in [0.5, 0.6) is 0 Å². The van der Waals surface area contributed by atoms with Crippen LogP contribution in [0.25, 0.3) is 0 Å². The monoisotopic (exact) mass is 292 g/mol. The highest BCUT2D eigenvalue weighted by Crippen LogP contribution is 2.17. The van der Waals surface area contributed by atoms with E-state index >= 15 is 0 Å². The average molecular weight is 293 g/mol. The molecule has 20 heavy (non-hydrogen) atoms. The highest BCUT2D eigenvalue weighted by atomic mass is 35.5. The molecule has 2 rings (SSSR count). The molecule has 0 aliphatic carbocycles. The number of hydrogen-bond acceptors (Lipinski definition) is 5. The van der Waals surface area contributed by atoms with Gasteiger partial charge in [-0.05, 0) is 38.1 Å². The van der Waals surface area contributed by atoms with Crippen LogP contribution in [-0.2, 0) is 0 Å². The van der Waals surface area contributed by atoms with Gasteiger partial charge in [-0.25, -0.2) is 0 Å². The molecule has 0 saturated carbocycles. The number of anilines is 2. The van der Waals surface area contributed by atoms with E-state index in [1.807, 2.05) is 0 Å². The number of nitrogens with one attached hydrogen (secondary N) is 2. The first-order valence-electron chi connectivity index (χ1n) is 5.90. The number of ketones is 1. The van der Waals surface area contributed by atoms with Crippen LogP contribution in [-0.4, -0.2) is 5.78 Å². The molecule has 0 spiro atoms. The molecule has 0 fully saturated rings. The molecule has 1 aromatic heterocycles. The maximum Gasteiger partial charge on any atom is 0.226 e. The molecule has 0 aliphatic heterocycles. The van der Waals surface area contributed by atoms with E-state index in [9.17, 15) is 9.59 Å². The molecule has 6 heteroatoms. The summed E-state index contributed by atoms with van der Waals surface area (Å²) in [5.74, 6) is 0.150. The van der Waals surface area contributed by atoms with Gasteiger partial charge in [0, 0.05) is 11.1 Å². The SMILES string of the molecule is CC(=O)c1c(NNc2ccc(Cl)cc2)oc(C)cc1=O. The van der Waals surface area contributed by atoms with Crippen molar-refractivity contribution in [2.75, 3.05) is 10.9 Å². The summed E-state index contributed by atoms with van der Waals surface area (Å²) in [5.41, 5.74) is 5.90. The van der Waals surface area contributed by atoms with Crippen molar-refractivity contribution in [3.63, 3.8) is 0 Å². The molecule has 2 aromatic rings. The number of hydrazine groups is 1. The van der Waals surface area contributed by atoms with E-state index in [1.165, 1.54) is 13.0 Å². The summed E-state index contributed by atoms with van der Waals surface area (Å²) in [6.07, 6.45) is 0. The average Bonchev–Trinajstić information content (AvgIpc) is 2.36. The highest BCUT2D eigenvalue weighted by Gasteiger charge is 2.15. The number of aryl methyl sites for hydroxylation is 1. The highest BCUT2D eigenvalue weighted by molar-refractivity contribution is 6.30. The fourth-order valence-electron chi connectivity index (χ4n) is 1.69. The molecular formula is C14H13ClN2O3. The molecule has 5 nitrogen and oxygen atoms in total. The Labute approximate surface area is 120 Å². The lowest BCUT2D eigenvalue weighted by atomic mass is 10.2. The second kappa shape index (κ2) is 5.79. The van der Waals surface area contributed by atoms with Crippen LogP contribution in [0.1, 0.15) is 23.0 Å². The first-order valence-corrected chi connectivity index (χ1v) is 6.28. The fraction of sp³-hybridized carbons (Fsp3) is 0.143. The van der Waals surface area contributed by atoms with Crippen molar-refractivity contribution in [3.05, 3.63) is 56.9 Å². The van der Waals surface area contributed by atoms with Crippen molar-refractivity contribution in [1.29, 1.82) is 0 Å². The van der Waals surface area contributed by atoms with Crippen molar-refractivity contribution >= 4 is 29.0 Å². The quantitative estimate of drug-likeness (QED) is 0.668. The Bertz CT molecular complexity index is 693. The Hall–Kier alpha value is -2.27. The number of hydrogen-bond donors (Lipinski definition) is 2. The van der Waals surface area contributed by atoms with Gasteiger partial charge in [0.2, 0.25) is 5.88 Å². The van der Waals surface area contributed by atoms with Crippen molar-refractivity contribution < 1.29 is 9.21 Å². The second-order valence-electron chi connectivity index (χ2n) is 4.24. The summed E-state index contributed by atoms with van der Waals surface area (Å²) in [6.45, 7) is 2.95. The molecule has 0 aliphatic rings. The predicted octanol–water partition coefficient (Wildman–Crippen LogP) is 3.24. The number of Topliss-reactive ketones (excluding diaryl/α,β-unsaturated/α-hetero) is 1. The second-order valence-corrected chi connectivity index (χ2v) is 4.67. The van der Waals surface area contributed by atoms with Gasteiger partial charge in [-0.15, -0.1) is 0 Å². The zero-order valence-corrected chi connectivity index (χ0v) is 11.7. The molecule has 0 bridgehead atoms. The van der Waals surface area contributed by atoms with Gasteiger partial charge in [0.15, 0.2) is 11.2 Å². The van der Waals surface area contributed by atoms with Crippen LogP contribution in [0.3, 0.4) is 0 Å². The van der Waals surface area contributed by atoms with Gasteiger partial charge in [-0.3, -0.25) is 20.4 Å². The van der Waals surface area contributed by atoms with Gasteiger partial charge in [-0.1, -0.05) is 11.6 Å². The number of carbonyl (C=O) groups is 1. The minimum Gasteiger partial charge on any atom is -0.443 e. The molecule has 0 saturated heterocycles. The predicted molar refractivity (Wildman–Crippen MR) is 78.4 cm³/mol. The zero-order chi connectivity index (χ0) is 14.7. The number of rotatable bonds is 4. The Balaban J connectivity index is 2.27. The largest absolute Gasteiger partial charge is 0.443 e. The van der Waals surface area contributed by atoms with Crippen molar-refractivity contribution in [2.24, 2.45) is 0 Å². The van der Waals surface area contributed by atoms with Crippen LogP contribution < -0.4 is 16.3 Å². The maximum absolute atomic E-state index is 11.8. The smallest absolute Gasteiger partial charge is 0.226 e. The first kappa shape index (κ1) is 14.1. The summed E-state index contributed by atoms with van der Waals surface area (Å²) in [6, 6.07) is 8.20. The molecule has 2 N–H and O–H groups in total. The lowest BCUT2D eigenvalue weighted by molar-refractivity contribution is 0.101. The Kier molecular flexibility index (Phi) is 4.10. The summed E-state index contributed by atoms with van der Waals surface area (Å²) in [7, 11) is 0. The maximum atomic E-state index is 11.8. The van der Waals surface area contributed by atoms with Crippen molar-refractivity contribution in [2.45, 2.75) is 13.8 Å². The van der Waals surface area contributed by atoms with Crippen molar-refractivity contribution in [3.8, 4) is 0 Å². The zero-order valence-electron chi connectivity index (χ0n) is 11.0. The van der Waals surface area contributed by atoms with Gasteiger partial charge in [-0.2, -0.15) is 0 Å². The summed E-state index contributed by atoms with van der Waals surface area (Å²) in [5, 5.41) is 0.613. The molecule has 0 amide bonds. The fourth-order valence-corrected chi connectivity index (χ4v) is 1.82. The molecular weight excluding hydrogens is 280 g/mol. The molecule has 1 aromatic carbocycles. The van der Waals surface area contributed by atoms with E-state index in [4.69, 9.17) is 16.0 Å². The van der Waals surface area contributed by atoms with Crippen LogP contribution in [0.2, 0.25) is 5.02 Å². The summed E-state index contributed by atoms with van der Waals surface area (Å²) >= 11 is 5.78. The third kappa shape index (κ3) is 3.19. The standard InChI is InChI=1S/C14H13ClN2O3/c1-8-7-12(19)13(9(2)18)14(20-8)17-16-11-5-3-10(15)4-6-11/h3-7,16-17H,1-2H3. The summed E-state index contributed by atoms with van der Waals surface area (Å²) < 4.78 is 5.38. The molecule has 0 radical (unpaired) electrons. The number of benzene rings is 1. The molecule has 1 heterocycles. The minimum absolute atomic E-state index is 0.0166. The molecule has 104 valence electrons. The molecule has 0 unspecified atom stereocenters. The summed E-state index contributed by atoms with van der Waals surface area (Å²) in [4.78, 5) is 23.3. The lowest BCUT2D eigenvalue weighted by Crippen LogP contribution is -2.19. The van der Waals surface area contributed by atoms with Crippen LogP contribution in [0, 0.1) is 6.92 Å². The van der Waals surface area contributed by atoms with Crippen LogP contribution in [0.15, 0.2) is 39.5 Å². The van der Waals surface area contributed by atoms with E-state index in [1.54, 1.807) is 31.2 Å². The van der Waals surface area contributed by atoms with Crippen molar-refractivity contribution in [1.82, 2.24) is 0 Å². The van der Waals surface area contributed by atoms with Gasteiger partial charge in [0.05, 0.1) is 5.69 Å². The number of carbonyl (C=O) groups excluding carboxylic acids is 1. The first-order chi connectivity index (χ1) is 9.47.